The SMILES string of the molecule is Cc1cc(-c2ccn3nc(Nc4cc(C)nc(C)n4)cc3c2)c(OCC(C)(C)N)cn1. The van der Waals surface area contributed by atoms with Gasteiger partial charge in [-0.2, -0.15) is 5.10 Å². The van der Waals surface area contributed by atoms with Gasteiger partial charge in [-0.05, 0) is 58.4 Å². The average Bonchev–Trinajstić information content (AvgIpc) is 3.06. The number of anilines is 2. The van der Waals surface area contributed by atoms with Crippen molar-refractivity contribution in [1.82, 2.24) is 24.6 Å². The van der Waals surface area contributed by atoms with Crippen LogP contribution >= 0.6 is 0 Å². The first-order valence-electron chi connectivity index (χ1n) is 10.1. The summed E-state index contributed by atoms with van der Waals surface area (Å²) in [5, 5.41) is 7.86. The lowest BCUT2D eigenvalue weighted by molar-refractivity contribution is 0.243. The van der Waals surface area contributed by atoms with E-state index in [1.807, 2.05) is 69.6 Å². The molecule has 8 nitrogen and oxygen atoms in total. The number of hydrogen-bond donors (Lipinski definition) is 2. The van der Waals surface area contributed by atoms with Crippen molar-refractivity contribution in [2.75, 3.05) is 11.9 Å². The standard InChI is InChI=1S/C23H27N7O/c1-14-8-19(20(12-25-14)31-13-23(4,5)24)17-6-7-30-18(10-17)11-22(29-30)28-21-9-15(2)26-16(3)27-21/h6-12H,13,24H2,1-5H3,(H,26,27,28,29). The number of aromatic nitrogens is 5. The lowest BCUT2D eigenvalue weighted by Crippen LogP contribution is -2.38. The molecule has 4 aromatic heterocycles. The fourth-order valence-corrected chi connectivity index (χ4v) is 3.29. The van der Waals surface area contributed by atoms with E-state index in [4.69, 9.17) is 10.5 Å². The molecule has 0 bridgehead atoms. The normalized spacial score (nSPS) is 11.7. The van der Waals surface area contributed by atoms with Crippen LogP contribution in [0.3, 0.4) is 0 Å². The number of nitrogens with zero attached hydrogens (tertiary/aromatic N) is 5. The Morgan fingerprint density at radius 3 is 2.58 bits per heavy atom. The largest absolute Gasteiger partial charge is 0.489 e. The van der Waals surface area contributed by atoms with Crippen LogP contribution in [0.25, 0.3) is 16.6 Å². The van der Waals surface area contributed by atoms with E-state index in [0.717, 1.165) is 39.7 Å². The molecule has 4 heterocycles. The zero-order valence-corrected chi connectivity index (χ0v) is 18.5. The Morgan fingerprint density at radius 2 is 1.84 bits per heavy atom. The van der Waals surface area contributed by atoms with Gasteiger partial charge in [-0.25, -0.2) is 14.5 Å². The Morgan fingerprint density at radius 1 is 1.03 bits per heavy atom. The van der Waals surface area contributed by atoms with Gasteiger partial charge in [-0.3, -0.25) is 4.98 Å². The number of ether oxygens (including phenoxy) is 1. The van der Waals surface area contributed by atoms with Gasteiger partial charge < -0.3 is 15.8 Å². The lowest BCUT2D eigenvalue weighted by atomic mass is 10.1. The monoisotopic (exact) mass is 417 g/mol. The summed E-state index contributed by atoms with van der Waals surface area (Å²) in [5.74, 6) is 2.86. The van der Waals surface area contributed by atoms with E-state index in [2.05, 4.69) is 31.4 Å². The van der Waals surface area contributed by atoms with Gasteiger partial charge in [-0.15, -0.1) is 0 Å². The predicted octanol–water partition coefficient (Wildman–Crippen LogP) is 3.97. The van der Waals surface area contributed by atoms with E-state index in [0.29, 0.717) is 18.2 Å². The minimum Gasteiger partial charge on any atom is -0.489 e. The highest BCUT2D eigenvalue weighted by Gasteiger charge is 2.15. The number of pyridine rings is 2. The van der Waals surface area contributed by atoms with Crippen molar-refractivity contribution < 1.29 is 4.74 Å². The van der Waals surface area contributed by atoms with Gasteiger partial charge in [0.05, 0.1) is 11.7 Å². The number of fused-ring (bicyclic) bond motifs is 1. The summed E-state index contributed by atoms with van der Waals surface area (Å²) >= 11 is 0. The summed E-state index contributed by atoms with van der Waals surface area (Å²) in [6, 6.07) is 9.98. The molecule has 0 aliphatic rings. The number of rotatable bonds is 6. The maximum absolute atomic E-state index is 6.09. The third-order valence-corrected chi connectivity index (χ3v) is 4.60. The van der Waals surface area contributed by atoms with Crippen LogP contribution in [0, 0.1) is 20.8 Å². The maximum atomic E-state index is 6.09. The Kier molecular flexibility index (Phi) is 5.32. The van der Waals surface area contributed by atoms with Gasteiger partial charge in [0, 0.05) is 40.8 Å². The topological polar surface area (TPSA) is 103 Å². The zero-order valence-electron chi connectivity index (χ0n) is 18.5. The van der Waals surface area contributed by atoms with Gasteiger partial charge in [-0.1, -0.05) is 0 Å². The minimum atomic E-state index is -0.435. The number of nitrogens with two attached hydrogens (primary N) is 1. The van der Waals surface area contributed by atoms with Crippen LogP contribution in [0.4, 0.5) is 11.6 Å². The van der Waals surface area contributed by atoms with Crippen molar-refractivity contribution >= 4 is 17.2 Å². The Labute approximate surface area is 181 Å². The first-order valence-corrected chi connectivity index (χ1v) is 10.1. The molecule has 0 saturated heterocycles. The summed E-state index contributed by atoms with van der Waals surface area (Å²) in [6.07, 6.45) is 3.68. The molecular formula is C23H27N7O. The summed E-state index contributed by atoms with van der Waals surface area (Å²) in [4.78, 5) is 13.1. The molecule has 4 aromatic rings. The molecule has 0 aliphatic carbocycles. The Bertz CT molecular complexity index is 1220. The fraction of sp³-hybridized carbons (Fsp3) is 0.304. The first kappa shape index (κ1) is 20.7. The molecule has 0 radical (unpaired) electrons. The van der Waals surface area contributed by atoms with E-state index in [9.17, 15) is 0 Å². The second-order valence-electron chi connectivity index (χ2n) is 8.48. The number of aryl methyl sites for hydroxylation is 3. The van der Waals surface area contributed by atoms with Crippen LogP contribution in [0.15, 0.2) is 42.7 Å². The summed E-state index contributed by atoms with van der Waals surface area (Å²) in [6.45, 7) is 10.0. The van der Waals surface area contributed by atoms with Crippen molar-refractivity contribution in [3.05, 3.63) is 59.9 Å². The molecule has 0 aliphatic heterocycles. The van der Waals surface area contributed by atoms with Gasteiger partial charge in [0.25, 0.3) is 0 Å². The summed E-state index contributed by atoms with van der Waals surface area (Å²) in [5.41, 5.74) is 10.4. The quantitative estimate of drug-likeness (QED) is 0.489. The third-order valence-electron chi connectivity index (χ3n) is 4.60. The number of hydrogen-bond acceptors (Lipinski definition) is 7. The Balaban J connectivity index is 1.66. The second-order valence-corrected chi connectivity index (χ2v) is 8.48. The van der Waals surface area contributed by atoms with E-state index in [1.54, 1.807) is 6.20 Å². The van der Waals surface area contributed by atoms with Crippen molar-refractivity contribution in [3.8, 4) is 16.9 Å². The molecule has 0 spiro atoms. The van der Waals surface area contributed by atoms with E-state index in [1.165, 1.54) is 0 Å². The molecule has 0 fully saturated rings. The van der Waals surface area contributed by atoms with Crippen LogP contribution in [-0.4, -0.2) is 36.7 Å². The summed E-state index contributed by atoms with van der Waals surface area (Å²) < 4.78 is 7.82. The molecule has 0 unspecified atom stereocenters. The highest BCUT2D eigenvalue weighted by Crippen LogP contribution is 2.31. The van der Waals surface area contributed by atoms with Crippen molar-refractivity contribution in [2.24, 2.45) is 5.73 Å². The van der Waals surface area contributed by atoms with Crippen LogP contribution in [0.5, 0.6) is 5.75 Å². The number of nitrogens with one attached hydrogen (secondary N) is 1. The zero-order chi connectivity index (χ0) is 22.2. The smallest absolute Gasteiger partial charge is 0.154 e. The lowest BCUT2D eigenvalue weighted by Gasteiger charge is -2.20. The predicted molar refractivity (Wildman–Crippen MR) is 122 cm³/mol. The van der Waals surface area contributed by atoms with Crippen molar-refractivity contribution in [3.63, 3.8) is 0 Å². The molecular weight excluding hydrogens is 390 g/mol. The van der Waals surface area contributed by atoms with E-state index >= 15 is 0 Å². The molecule has 160 valence electrons. The fourth-order valence-electron chi connectivity index (χ4n) is 3.29. The molecule has 4 rings (SSSR count). The van der Waals surface area contributed by atoms with Gasteiger partial charge >= 0.3 is 0 Å². The molecule has 0 aromatic carbocycles. The van der Waals surface area contributed by atoms with Crippen LogP contribution in [0.1, 0.15) is 31.1 Å². The van der Waals surface area contributed by atoms with Crippen LogP contribution in [0.2, 0.25) is 0 Å². The van der Waals surface area contributed by atoms with Crippen molar-refractivity contribution in [2.45, 2.75) is 40.2 Å². The first-order chi connectivity index (χ1) is 14.7. The molecule has 0 atom stereocenters. The van der Waals surface area contributed by atoms with Crippen LogP contribution in [-0.2, 0) is 0 Å². The summed E-state index contributed by atoms with van der Waals surface area (Å²) in [7, 11) is 0. The molecule has 0 saturated carbocycles. The third kappa shape index (κ3) is 4.97. The van der Waals surface area contributed by atoms with Gasteiger partial charge in [0.15, 0.2) is 5.82 Å². The van der Waals surface area contributed by atoms with Crippen LogP contribution < -0.4 is 15.8 Å². The van der Waals surface area contributed by atoms with E-state index < -0.39 is 5.54 Å². The van der Waals surface area contributed by atoms with Gasteiger partial charge in [0.2, 0.25) is 0 Å². The second kappa shape index (κ2) is 7.96. The minimum absolute atomic E-state index is 0.394. The van der Waals surface area contributed by atoms with E-state index in [-0.39, 0.29) is 0 Å². The molecule has 31 heavy (non-hydrogen) atoms. The Hall–Kier alpha value is -3.52. The highest BCUT2D eigenvalue weighted by molar-refractivity contribution is 5.75. The molecule has 3 N–H and O–H groups in total. The average molecular weight is 418 g/mol. The highest BCUT2D eigenvalue weighted by atomic mass is 16.5. The van der Waals surface area contributed by atoms with Crippen molar-refractivity contribution in [1.29, 1.82) is 0 Å². The molecule has 0 amide bonds. The van der Waals surface area contributed by atoms with Gasteiger partial charge in [0.1, 0.15) is 24.0 Å². The maximum Gasteiger partial charge on any atom is 0.154 e. The molecule has 8 heteroatoms.